The van der Waals surface area contributed by atoms with Gasteiger partial charge in [-0.2, -0.15) is 0 Å². The van der Waals surface area contributed by atoms with Gasteiger partial charge >= 0.3 is 0 Å². The molecule has 1 aromatic carbocycles. The number of hydrogen-bond acceptors (Lipinski definition) is 0. The van der Waals surface area contributed by atoms with E-state index >= 15 is 0 Å². The van der Waals surface area contributed by atoms with Crippen LogP contribution >= 0.6 is 0 Å². The molecule has 0 N–H and O–H groups in total. The third-order valence-corrected chi connectivity index (χ3v) is 5.56. The summed E-state index contributed by atoms with van der Waals surface area (Å²) in [6.45, 7) is 4.83. The molecule has 2 aliphatic carbocycles. The molecule has 0 bridgehead atoms. The summed E-state index contributed by atoms with van der Waals surface area (Å²) < 4.78 is 0. The molecule has 2 fully saturated rings. The minimum atomic E-state index is 0.855. The van der Waals surface area contributed by atoms with Crippen molar-refractivity contribution < 1.29 is 0 Å². The van der Waals surface area contributed by atoms with Crippen LogP contribution in [0, 0.1) is 23.7 Å². The molecule has 2 saturated carbocycles. The topological polar surface area (TPSA) is 0 Å². The van der Waals surface area contributed by atoms with Crippen LogP contribution in [0.4, 0.5) is 0 Å². The van der Waals surface area contributed by atoms with Crippen molar-refractivity contribution in [1.29, 1.82) is 0 Å². The Morgan fingerprint density at radius 3 is 2.50 bits per heavy atom. The Hall–Kier alpha value is -0.780. The summed E-state index contributed by atoms with van der Waals surface area (Å²) in [4.78, 5) is 0. The van der Waals surface area contributed by atoms with Crippen molar-refractivity contribution in [2.24, 2.45) is 23.7 Å². The van der Waals surface area contributed by atoms with E-state index in [4.69, 9.17) is 0 Å². The highest BCUT2D eigenvalue weighted by Crippen LogP contribution is 2.53. The first-order valence-corrected chi connectivity index (χ1v) is 7.80. The van der Waals surface area contributed by atoms with Crippen LogP contribution in [0.2, 0.25) is 0 Å². The summed E-state index contributed by atoms with van der Waals surface area (Å²) in [5, 5.41) is 0. The molecule has 4 atom stereocenters. The van der Waals surface area contributed by atoms with E-state index < -0.39 is 0 Å². The lowest BCUT2D eigenvalue weighted by Crippen LogP contribution is -2.22. The van der Waals surface area contributed by atoms with Crippen molar-refractivity contribution in [3.05, 3.63) is 35.9 Å². The van der Waals surface area contributed by atoms with Gasteiger partial charge in [-0.15, -0.1) is 0 Å². The Labute approximate surface area is 112 Å². The molecule has 0 spiro atoms. The van der Waals surface area contributed by atoms with E-state index in [2.05, 4.69) is 44.2 Å². The summed E-state index contributed by atoms with van der Waals surface area (Å²) >= 11 is 0. The highest BCUT2D eigenvalue weighted by atomic mass is 14.5. The summed E-state index contributed by atoms with van der Waals surface area (Å²) in [6, 6.07) is 11.3. The number of fused-ring (bicyclic) bond motifs is 1. The Bertz CT molecular complexity index is 378. The zero-order valence-corrected chi connectivity index (χ0v) is 11.8. The molecule has 18 heavy (non-hydrogen) atoms. The Morgan fingerprint density at radius 2 is 1.78 bits per heavy atom. The molecule has 0 amide bonds. The first-order chi connectivity index (χ1) is 8.75. The average Bonchev–Trinajstić information content (AvgIpc) is 2.83. The van der Waals surface area contributed by atoms with Crippen LogP contribution in [0.3, 0.4) is 0 Å². The van der Waals surface area contributed by atoms with E-state index in [1.165, 1.54) is 32.1 Å². The Balaban J connectivity index is 1.80. The highest BCUT2D eigenvalue weighted by Gasteiger charge is 2.41. The van der Waals surface area contributed by atoms with E-state index in [1.807, 2.05) is 0 Å². The smallest absolute Gasteiger partial charge is 0.0131 e. The van der Waals surface area contributed by atoms with Gasteiger partial charge in [-0.1, -0.05) is 57.0 Å². The van der Waals surface area contributed by atoms with E-state index in [0.29, 0.717) is 0 Å². The van der Waals surface area contributed by atoms with Gasteiger partial charge in [-0.3, -0.25) is 0 Å². The van der Waals surface area contributed by atoms with Gasteiger partial charge in [0.05, 0.1) is 0 Å². The zero-order valence-electron chi connectivity index (χ0n) is 11.8. The molecular weight excluding hydrogens is 216 g/mol. The van der Waals surface area contributed by atoms with E-state index in [9.17, 15) is 0 Å². The normalized spacial score (nSPS) is 35.7. The van der Waals surface area contributed by atoms with Crippen molar-refractivity contribution in [2.75, 3.05) is 0 Å². The molecular formula is C18H26. The second kappa shape index (κ2) is 5.07. The maximum Gasteiger partial charge on any atom is -0.0131 e. The quantitative estimate of drug-likeness (QED) is 0.664. The van der Waals surface area contributed by atoms with Crippen LogP contribution in [0.1, 0.15) is 57.4 Å². The monoisotopic (exact) mass is 242 g/mol. The van der Waals surface area contributed by atoms with Gasteiger partial charge in [0, 0.05) is 0 Å². The maximum atomic E-state index is 2.42. The van der Waals surface area contributed by atoms with Crippen molar-refractivity contribution in [2.45, 2.75) is 51.9 Å². The zero-order chi connectivity index (χ0) is 12.5. The molecule has 0 radical (unpaired) electrons. The molecule has 0 heteroatoms. The van der Waals surface area contributed by atoms with Gasteiger partial charge in [0.2, 0.25) is 0 Å². The van der Waals surface area contributed by atoms with Gasteiger partial charge in [0.25, 0.3) is 0 Å². The van der Waals surface area contributed by atoms with Crippen molar-refractivity contribution in [3.8, 4) is 0 Å². The van der Waals surface area contributed by atoms with Crippen LogP contribution in [0.15, 0.2) is 30.3 Å². The largest absolute Gasteiger partial charge is 0.0625 e. The molecule has 0 aliphatic heterocycles. The summed E-state index contributed by atoms with van der Waals surface area (Å²) in [6.07, 6.45) is 7.37. The molecule has 3 rings (SSSR count). The minimum absolute atomic E-state index is 0.855. The van der Waals surface area contributed by atoms with Gasteiger partial charge in [0.15, 0.2) is 0 Å². The first kappa shape index (κ1) is 12.3. The van der Waals surface area contributed by atoms with Gasteiger partial charge < -0.3 is 0 Å². The average molecular weight is 242 g/mol. The van der Waals surface area contributed by atoms with Crippen LogP contribution in [0.25, 0.3) is 0 Å². The maximum absolute atomic E-state index is 2.42. The molecule has 0 nitrogen and oxygen atoms in total. The Morgan fingerprint density at radius 1 is 1.00 bits per heavy atom. The lowest BCUT2D eigenvalue weighted by Gasteiger charge is -2.34. The van der Waals surface area contributed by atoms with E-state index in [0.717, 1.165) is 29.6 Å². The highest BCUT2D eigenvalue weighted by molar-refractivity contribution is 5.22. The molecule has 0 heterocycles. The Kier molecular flexibility index (Phi) is 3.46. The molecule has 98 valence electrons. The van der Waals surface area contributed by atoms with Crippen LogP contribution in [0.5, 0.6) is 0 Å². The molecule has 3 unspecified atom stereocenters. The fourth-order valence-corrected chi connectivity index (χ4v) is 4.50. The second-order valence-corrected chi connectivity index (χ2v) is 6.85. The van der Waals surface area contributed by atoms with E-state index in [-0.39, 0.29) is 0 Å². The van der Waals surface area contributed by atoms with Crippen molar-refractivity contribution in [1.82, 2.24) is 0 Å². The summed E-state index contributed by atoms with van der Waals surface area (Å²) in [5.41, 5.74) is 1.61. The van der Waals surface area contributed by atoms with Crippen LogP contribution in [-0.4, -0.2) is 0 Å². The molecule has 0 saturated heterocycles. The molecule has 2 aliphatic rings. The number of benzene rings is 1. The predicted octanol–water partition coefficient (Wildman–Crippen LogP) is 5.25. The minimum Gasteiger partial charge on any atom is -0.0625 e. The standard InChI is InChI=1S/C18H26/c1-13(2)16-11-15-9-6-10-17(18(15)12-16)14-7-4-3-5-8-14/h3-5,7-8,13,15-18H,6,9-12H2,1-2H3/t15?,16-,17?,18?/m1/s1. The fraction of sp³-hybridized carbons (Fsp3) is 0.667. The summed E-state index contributed by atoms with van der Waals surface area (Å²) in [7, 11) is 0. The van der Waals surface area contributed by atoms with Crippen LogP contribution < -0.4 is 0 Å². The second-order valence-electron chi connectivity index (χ2n) is 6.85. The van der Waals surface area contributed by atoms with E-state index in [1.54, 1.807) is 5.56 Å². The first-order valence-electron chi connectivity index (χ1n) is 7.80. The lowest BCUT2D eigenvalue weighted by molar-refractivity contribution is 0.238. The third kappa shape index (κ3) is 2.22. The third-order valence-electron chi connectivity index (χ3n) is 5.56. The van der Waals surface area contributed by atoms with Crippen LogP contribution in [-0.2, 0) is 0 Å². The van der Waals surface area contributed by atoms with Gasteiger partial charge in [-0.05, 0) is 54.4 Å². The SMILES string of the molecule is CC(C)[C@@H]1CC2CCCC(c3ccccc3)C2C1. The predicted molar refractivity (Wildman–Crippen MR) is 77.6 cm³/mol. The fourth-order valence-electron chi connectivity index (χ4n) is 4.50. The number of hydrogen-bond donors (Lipinski definition) is 0. The van der Waals surface area contributed by atoms with Gasteiger partial charge in [0.1, 0.15) is 0 Å². The van der Waals surface area contributed by atoms with Crippen molar-refractivity contribution >= 4 is 0 Å². The number of rotatable bonds is 2. The molecule has 0 aromatic heterocycles. The molecule has 1 aromatic rings. The summed E-state index contributed by atoms with van der Waals surface area (Å²) in [5.74, 6) is 4.73. The van der Waals surface area contributed by atoms with Crippen molar-refractivity contribution in [3.63, 3.8) is 0 Å². The lowest BCUT2D eigenvalue weighted by atomic mass is 9.71. The van der Waals surface area contributed by atoms with Gasteiger partial charge in [-0.25, -0.2) is 0 Å².